The molecule has 29 heavy (non-hydrogen) atoms. The first-order chi connectivity index (χ1) is 13.8. The number of anilines is 3. The zero-order valence-corrected chi connectivity index (χ0v) is 16.9. The number of hydrogen-bond donors (Lipinski definition) is 2. The zero-order chi connectivity index (χ0) is 20.7. The van der Waals surface area contributed by atoms with E-state index in [1.807, 2.05) is 6.92 Å². The molecular weight excluding hydrogens is 371 g/mol. The van der Waals surface area contributed by atoms with Gasteiger partial charge in [-0.3, -0.25) is 9.59 Å². The highest BCUT2D eigenvalue weighted by molar-refractivity contribution is 6.02. The molecule has 3 N–H and O–H groups in total. The Morgan fingerprint density at radius 1 is 1.31 bits per heavy atom. The van der Waals surface area contributed by atoms with E-state index >= 15 is 4.39 Å². The van der Waals surface area contributed by atoms with Crippen molar-refractivity contribution in [3.05, 3.63) is 24.1 Å². The van der Waals surface area contributed by atoms with Gasteiger partial charge in [-0.15, -0.1) is 0 Å². The smallest absolute Gasteiger partial charge is 0.228 e. The number of hydrogen-bond acceptors (Lipinski definition) is 4. The standard InChI is InChI=1S/C22H27FN4O2/c1-12(8-14-4-3-5-14)27(13(2)28)18-9-16-10-19(26-22(29)15-6-7-15)25-11-17(16)21(24)20(18)23/h9-12,14-15H,3-8,24H2,1-2H3,(H,25,26,29). The molecule has 2 aliphatic carbocycles. The number of halogens is 1. The number of aromatic nitrogens is 1. The molecule has 6 nitrogen and oxygen atoms in total. The highest BCUT2D eigenvalue weighted by Crippen LogP contribution is 2.37. The number of nitrogens with one attached hydrogen (secondary N) is 1. The molecule has 1 aromatic carbocycles. The Kier molecular flexibility index (Phi) is 5.15. The van der Waals surface area contributed by atoms with E-state index in [9.17, 15) is 9.59 Å². The Labute approximate surface area is 169 Å². The molecule has 7 heteroatoms. The third-order valence-corrected chi connectivity index (χ3v) is 6.12. The molecule has 0 bridgehead atoms. The molecule has 0 radical (unpaired) electrons. The highest BCUT2D eigenvalue weighted by Gasteiger charge is 2.30. The van der Waals surface area contributed by atoms with Crippen LogP contribution in [0, 0.1) is 17.7 Å². The van der Waals surface area contributed by atoms with Gasteiger partial charge in [0.25, 0.3) is 0 Å². The monoisotopic (exact) mass is 398 g/mol. The fraction of sp³-hybridized carbons (Fsp3) is 0.500. The maximum Gasteiger partial charge on any atom is 0.228 e. The molecule has 2 amide bonds. The van der Waals surface area contributed by atoms with E-state index in [-0.39, 0.29) is 35.1 Å². The maximum absolute atomic E-state index is 15.1. The van der Waals surface area contributed by atoms with Crippen LogP contribution >= 0.6 is 0 Å². The normalized spacial score (nSPS) is 17.6. The fourth-order valence-electron chi connectivity index (χ4n) is 4.13. The van der Waals surface area contributed by atoms with E-state index in [4.69, 9.17) is 5.73 Å². The summed E-state index contributed by atoms with van der Waals surface area (Å²) in [5.74, 6) is 0.175. The average molecular weight is 398 g/mol. The number of carbonyl (C=O) groups is 2. The molecule has 2 aliphatic rings. The molecule has 0 aliphatic heterocycles. The lowest BCUT2D eigenvalue weighted by atomic mass is 9.81. The first-order valence-corrected chi connectivity index (χ1v) is 10.3. The minimum atomic E-state index is -0.607. The van der Waals surface area contributed by atoms with E-state index in [1.165, 1.54) is 24.4 Å². The van der Waals surface area contributed by atoms with Crippen molar-refractivity contribution in [1.29, 1.82) is 0 Å². The molecular formula is C22H27FN4O2. The summed E-state index contributed by atoms with van der Waals surface area (Å²) in [6, 6.07) is 3.19. The van der Waals surface area contributed by atoms with Gasteiger partial charge in [0.2, 0.25) is 11.8 Å². The van der Waals surface area contributed by atoms with Crippen LogP contribution < -0.4 is 16.0 Å². The van der Waals surface area contributed by atoms with E-state index < -0.39 is 5.82 Å². The van der Waals surface area contributed by atoms with E-state index in [0.29, 0.717) is 22.5 Å². The number of rotatable bonds is 6. The van der Waals surface area contributed by atoms with Gasteiger partial charge in [0.1, 0.15) is 5.82 Å². The number of pyridine rings is 1. The van der Waals surface area contributed by atoms with Crippen LogP contribution in [0.3, 0.4) is 0 Å². The molecule has 1 unspecified atom stereocenters. The lowest BCUT2D eigenvalue weighted by Crippen LogP contribution is -2.39. The van der Waals surface area contributed by atoms with Crippen LogP contribution in [0.5, 0.6) is 0 Å². The molecule has 1 aromatic heterocycles. The van der Waals surface area contributed by atoms with Gasteiger partial charge in [-0.2, -0.15) is 0 Å². The first-order valence-electron chi connectivity index (χ1n) is 10.3. The predicted molar refractivity (Wildman–Crippen MR) is 112 cm³/mol. The maximum atomic E-state index is 15.1. The zero-order valence-electron chi connectivity index (χ0n) is 16.9. The summed E-state index contributed by atoms with van der Waals surface area (Å²) < 4.78 is 15.1. The predicted octanol–water partition coefficient (Wildman–Crippen LogP) is 4.24. The summed E-state index contributed by atoms with van der Waals surface area (Å²) in [6.07, 6.45) is 7.65. The van der Waals surface area contributed by atoms with Gasteiger partial charge in [0, 0.05) is 30.5 Å². The molecule has 0 spiro atoms. The number of nitrogen functional groups attached to an aromatic ring is 1. The lowest BCUT2D eigenvalue weighted by molar-refractivity contribution is -0.118. The van der Waals surface area contributed by atoms with Crippen LogP contribution in [0.15, 0.2) is 18.3 Å². The minimum Gasteiger partial charge on any atom is -0.396 e. The highest BCUT2D eigenvalue weighted by atomic mass is 19.1. The Morgan fingerprint density at radius 2 is 2.03 bits per heavy atom. The van der Waals surface area contributed by atoms with Gasteiger partial charge in [0.05, 0.1) is 11.4 Å². The van der Waals surface area contributed by atoms with Crippen molar-refractivity contribution in [1.82, 2.24) is 4.98 Å². The van der Waals surface area contributed by atoms with E-state index in [0.717, 1.165) is 32.1 Å². The third kappa shape index (κ3) is 3.91. The van der Waals surface area contributed by atoms with Crippen molar-refractivity contribution in [3.63, 3.8) is 0 Å². The van der Waals surface area contributed by atoms with E-state index in [1.54, 1.807) is 12.1 Å². The van der Waals surface area contributed by atoms with Crippen LogP contribution in [-0.2, 0) is 9.59 Å². The summed E-state index contributed by atoms with van der Waals surface area (Å²) in [5.41, 5.74) is 6.21. The topological polar surface area (TPSA) is 88.3 Å². The van der Waals surface area contributed by atoms with Crippen LogP contribution in [0.1, 0.15) is 52.4 Å². The van der Waals surface area contributed by atoms with Crippen molar-refractivity contribution in [3.8, 4) is 0 Å². The average Bonchev–Trinajstić information content (AvgIpc) is 3.47. The summed E-state index contributed by atoms with van der Waals surface area (Å²) >= 11 is 0. The third-order valence-electron chi connectivity index (χ3n) is 6.12. The van der Waals surface area contributed by atoms with Crippen LogP contribution in [-0.4, -0.2) is 22.8 Å². The van der Waals surface area contributed by atoms with Gasteiger partial charge in [0.15, 0.2) is 5.82 Å². The molecule has 1 heterocycles. The van der Waals surface area contributed by atoms with Crippen molar-refractivity contribution in [2.24, 2.45) is 11.8 Å². The number of nitrogens with two attached hydrogens (primary N) is 1. The van der Waals surface area contributed by atoms with Gasteiger partial charge >= 0.3 is 0 Å². The van der Waals surface area contributed by atoms with Crippen molar-refractivity contribution in [2.75, 3.05) is 16.0 Å². The second-order valence-corrected chi connectivity index (χ2v) is 8.45. The molecule has 0 saturated heterocycles. The van der Waals surface area contributed by atoms with Crippen molar-refractivity contribution < 1.29 is 14.0 Å². The quantitative estimate of drug-likeness (QED) is 0.713. The molecule has 154 valence electrons. The second kappa shape index (κ2) is 7.61. The van der Waals surface area contributed by atoms with Crippen molar-refractivity contribution >= 4 is 39.8 Å². The van der Waals surface area contributed by atoms with E-state index in [2.05, 4.69) is 10.3 Å². The second-order valence-electron chi connectivity index (χ2n) is 8.45. The van der Waals surface area contributed by atoms with Gasteiger partial charge in [-0.1, -0.05) is 19.3 Å². The van der Waals surface area contributed by atoms with Crippen LogP contribution in [0.4, 0.5) is 21.6 Å². The lowest BCUT2D eigenvalue weighted by Gasteiger charge is -2.34. The van der Waals surface area contributed by atoms with Gasteiger partial charge < -0.3 is 16.0 Å². The van der Waals surface area contributed by atoms with Crippen LogP contribution in [0.2, 0.25) is 0 Å². The van der Waals surface area contributed by atoms with Crippen LogP contribution in [0.25, 0.3) is 10.8 Å². The molecule has 4 rings (SSSR count). The molecule has 2 saturated carbocycles. The Morgan fingerprint density at radius 3 is 2.62 bits per heavy atom. The number of benzene rings is 1. The molecule has 2 aromatic rings. The number of nitrogens with zero attached hydrogens (tertiary/aromatic N) is 2. The number of fused-ring (bicyclic) bond motifs is 1. The largest absolute Gasteiger partial charge is 0.396 e. The van der Waals surface area contributed by atoms with Gasteiger partial charge in [-0.25, -0.2) is 9.37 Å². The number of amides is 2. The SMILES string of the molecule is CC(=O)N(c1cc2cc(NC(=O)C3CC3)ncc2c(N)c1F)C(C)CC1CCC1. The van der Waals surface area contributed by atoms with Crippen molar-refractivity contribution in [2.45, 2.75) is 58.4 Å². The summed E-state index contributed by atoms with van der Waals surface area (Å²) in [7, 11) is 0. The Bertz CT molecular complexity index is 969. The summed E-state index contributed by atoms with van der Waals surface area (Å²) in [6.45, 7) is 3.40. The Balaban J connectivity index is 1.69. The molecule has 2 fully saturated rings. The first kappa shape index (κ1) is 19.6. The summed E-state index contributed by atoms with van der Waals surface area (Å²) in [4.78, 5) is 30.2. The summed E-state index contributed by atoms with van der Waals surface area (Å²) in [5, 5.41) is 3.90. The Hall–Kier alpha value is -2.70. The fourth-order valence-corrected chi connectivity index (χ4v) is 4.13. The minimum absolute atomic E-state index is 0.0350. The van der Waals surface area contributed by atoms with Gasteiger partial charge in [-0.05, 0) is 49.6 Å². The molecule has 1 atom stereocenters. The number of carbonyl (C=O) groups excluding carboxylic acids is 2.